The molecule has 0 aliphatic carbocycles. The van der Waals surface area contributed by atoms with E-state index in [0.29, 0.717) is 5.92 Å². The number of likely N-dealkylation sites (tertiary alicyclic amines) is 1. The van der Waals surface area contributed by atoms with Crippen LogP contribution in [-0.2, 0) is 6.54 Å². The van der Waals surface area contributed by atoms with E-state index < -0.39 is 0 Å². The lowest BCUT2D eigenvalue weighted by molar-refractivity contribution is 0.309. The number of nitrogens with two attached hydrogens (primary N) is 1. The van der Waals surface area contributed by atoms with E-state index in [1.807, 2.05) is 12.1 Å². The van der Waals surface area contributed by atoms with E-state index in [4.69, 9.17) is 5.73 Å². The molecule has 0 saturated carbocycles. The Morgan fingerprint density at radius 3 is 3.10 bits per heavy atom. The molecule has 1 aliphatic heterocycles. The zero-order valence-corrected chi connectivity index (χ0v) is 11.7. The van der Waals surface area contributed by atoms with Crippen molar-refractivity contribution in [3.63, 3.8) is 0 Å². The molecule has 2 aromatic rings. The van der Waals surface area contributed by atoms with Crippen molar-refractivity contribution in [3.05, 3.63) is 41.8 Å². The second-order valence-corrected chi connectivity index (χ2v) is 5.78. The van der Waals surface area contributed by atoms with Gasteiger partial charge in [-0.15, -0.1) is 0 Å². The van der Waals surface area contributed by atoms with Gasteiger partial charge in [-0.1, -0.05) is 6.07 Å². The second kappa shape index (κ2) is 5.46. The summed E-state index contributed by atoms with van der Waals surface area (Å²) in [7, 11) is 0. The van der Waals surface area contributed by atoms with E-state index in [1.165, 1.54) is 0 Å². The van der Waals surface area contributed by atoms with Crippen LogP contribution in [0.15, 0.2) is 30.5 Å². The van der Waals surface area contributed by atoms with Crippen molar-refractivity contribution in [1.82, 2.24) is 9.88 Å². The Bertz CT molecular complexity index is 612. The van der Waals surface area contributed by atoms with E-state index in [2.05, 4.69) is 16.8 Å². The first-order valence-electron chi connectivity index (χ1n) is 7.14. The van der Waals surface area contributed by atoms with E-state index in [1.54, 1.807) is 18.3 Å². The van der Waals surface area contributed by atoms with Crippen LogP contribution in [0.4, 0.5) is 4.39 Å². The third-order valence-corrected chi connectivity index (χ3v) is 4.19. The van der Waals surface area contributed by atoms with Crippen LogP contribution in [0.5, 0.6) is 0 Å². The van der Waals surface area contributed by atoms with Crippen LogP contribution in [0, 0.1) is 11.7 Å². The van der Waals surface area contributed by atoms with Crippen LogP contribution in [0.3, 0.4) is 0 Å². The first-order valence-corrected chi connectivity index (χ1v) is 7.14. The molecule has 0 spiro atoms. The van der Waals surface area contributed by atoms with Crippen LogP contribution < -0.4 is 5.73 Å². The quantitative estimate of drug-likeness (QED) is 0.934. The number of pyridine rings is 1. The van der Waals surface area contributed by atoms with E-state index in [-0.39, 0.29) is 11.9 Å². The van der Waals surface area contributed by atoms with Crippen LogP contribution in [0.1, 0.15) is 18.9 Å². The average Bonchev–Trinajstić information content (AvgIpc) is 2.87. The van der Waals surface area contributed by atoms with Crippen LogP contribution in [-0.4, -0.2) is 29.0 Å². The lowest BCUT2D eigenvalue weighted by atomic mass is 10.0. The Morgan fingerprint density at radius 2 is 2.35 bits per heavy atom. The standard InChI is InChI=1S/C16H20FN3/c1-11(18)13-4-6-20(9-13)10-14-8-15(17)7-12-3-2-5-19-16(12)14/h2-3,5,7-8,11,13H,4,6,9-10,18H2,1H3. The van der Waals surface area contributed by atoms with Gasteiger partial charge in [0.1, 0.15) is 5.82 Å². The summed E-state index contributed by atoms with van der Waals surface area (Å²) >= 11 is 0. The Kier molecular flexibility index (Phi) is 3.68. The van der Waals surface area contributed by atoms with Gasteiger partial charge in [0.2, 0.25) is 0 Å². The van der Waals surface area contributed by atoms with Crippen molar-refractivity contribution < 1.29 is 4.39 Å². The van der Waals surface area contributed by atoms with Gasteiger partial charge in [-0.05, 0) is 49.6 Å². The highest BCUT2D eigenvalue weighted by atomic mass is 19.1. The van der Waals surface area contributed by atoms with Crippen molar-refractivity contribution in [2.45, 2.75) is 25.9 Å². The van der Waals surface area contributed by atoms with Crippen molar-refractivity contribution in [2.75, 3.05) is 13.1 Å². The molecule has 1 aliphatic rings. The molecule has 106 valence electrons. The highest BCUT2D eigenvalue weighted by Crippen LogP contribution is 2.24. The lowest BCUT2D eigenvalue weighted by Crippen LogP contribution is -2.29. The molecule has 0 bridgehead atoms. The summed E-state index contributed by atoms with van der Waals surface area (Å²) in [6.07, 6.45) is 2.89. The van der Waals surface area contributed by atoms with Gasteiger partial charge in [-0.2, -0.15) is 0 Å². The first kappa shape index (κ1) is 13.5. The fourth-order valence-electron chi connectivity index (χ4n) is 3.02. The fraction of sp³-hybridized carbons (Fsp3) is 0.438. The second-order valence-electron chi connectivity index (χ2n) is 5.78. The predicted octanol–water partition coefficient (Wildman–Crippen LogP) is 2.54. The maximum atomic E-state index is 13.7. The molecule has 1 saturated heterocycles. The normalized spacial score (nSPS) is 21.4. The summed E-state index contributed by atoms with van der Waals surface area (Å²) in [5.74, 6) is 0.353. The number of hydrogen-bond donors (Lipinski definition) is 1. The van der Waals surface area contributed by atoms with Gasteiger partial charge in [0.25, 0.3) is 0 Å². The number of hydrogen-bond acceptors (Lipinski definition) is 3. The minimum Gasteiger partial charge on any atom is -0.328 e. The molecular formula is C16H20FN3. The minimum atomic E-state index is -0.191. The molecule has 3 nitrogen and oxygen atoms in total. The zero-order chi connectivity index (χ0) is 14.1. The largest absolute Gasteiger partial charge is 0.328 e. The Morgan fingerprint density at radius 1 is 1.50 bits per heavy atom. The van der Waals surface area contributed by atoms with Gasteiger partial charge in [0.05, 0.1) is 5.52 Å². The molecule has 1 fully saturated rings. The molecule has 1 aromatic carbocycles. The van der Waals surface area contributed by atoms with E-state index >= 15 is 0 Å². The van der Waals surface area contributed by atoms with Crippen molar-refractivity contribution >= 4 is 10.9 Å². The molecule has 0 radical (unpaired) electrons. The van der Waals surface area contributed by atoms with Crippen molar-refractivity contribution in [3.8, 4) is 0 Å². The molecule has 0 amide bonds. The van der Waals surface area contributed by atoms with Crippen molar-refractivity contribution in [1.29, 1.82) is 0 Å². The first-order chi connectivity index (χ1) is 9.63. The minimum absolute atomic E-state index is 0.191. The summed E-state index contributed by atoms with van der Waals surface area (Å²) in [4.78, 5) is 6.74. The number of halogens is 1. The summed E-state index contributed by atoms with van der Waals surface area (Å²) in [5.41, 5.74) is 7.83. The molecule has 2 heterocycles. The molecule has 20 heavy (non-hydrogen) atoms. The number of rotatable bonds is 3. The van der Waals surface area contributed by atoms with Gasteiger partial charge in [-0.3, -0.25) is 9.88 Å². The average molecular weight is 273 g/mol. The van der Waals surface area contributed by atoms with E-state index in [0.717, 1.165) is 42.5 Å². The summed E-state index contributed by atoms with van der Waals surface area (Å²) in [6, 6.07) is 7.12. The Hall–Kier alpha value is -1.52. The van der Waals surface area contributed by atoms with Gasteiger partial charge in [-0.25, -0.2) is 4.39 Å². The third kappa shape index (κ3) is 2.67. The number of fused-ring (bicyclic) bond motifs is 1. The third-order valence-electron chi connectivity index (χ3n) is 4.19. The van der Waals surface area contributed by atoms with Gasteiger partial charge < -0.3 is 5.73 Å². The lowest BCUT2D eigenvalue weighted by Gasteiger charge is -2.18. The van der Waals surface area contributed by atoms with Gasteiger partial charge in [0.15, 0.2) is 0 Å². The molecule has 1 aromatic heterocycles. The summed E-state index contributed by atoms with van der Waals surface area (Å²) in [5, 5.41) is 0.866. The number of aromatic nitrogens is 1. The van der Waals surface area contributed by atoms with Crippen molar-refractivity contribution in [2.24, 2.45) is 11.7 Å². The maximum Gasteiger partial charge on any atom is 0.124 e. The van der Waals surface area contributed by atoms with Crippen LogP contribution in [0.2, 0.25) is 0 Å². The van der Waals surface area contributed by atoms with Crippen LogP contribution >= 0.6 is 0 Å². The Balaban J connectivity index is 1.84. The van der Waals surface area contributed by atoms with E-state index in [9.17, 15) is 4.39 Å². The van der Waals surface area contributed by atoms with Gasteiger partial charge in [0, 0.05) is 30.7 Å². The monoisotopic (exact) mass is 273 g/mol. The molecular weight excluding hydrogens is 253 g/mol. The zero-order valence-electron chi connectivity index (χ0n) is 11.7. The SMILES string of the molecule is CC(N)C1CCN(Cc2cc(F)cc3cccnc23)C1. The molecule has 2 atom stereocenters. The highest BCUT2D eigenvalue weighted by Gasteiger charge is 2.25. The highest BCUT2D eigenvalue weighted by molar-refractivity contribution is 5.81. The molecule has 3 rings (SSSR count). The topological polar surface area (TPSA) is 42.1 Å². The fourth-order valence-corrected chi connectivity index (χ4v) is 3.02. The summed E-state index contributed by atoms with van der Waals surface area (Å²) < 4.78 is 13.7. The van der Waals surface area contributed by atoms with Crippen LogP contribution in [0.25, 0.3) is 10.9 Å². The number of nitrogens with zero attached hydrogens (tertiary/aromatic N) is 2. The predicted molar refractivity (Wildman–Crippen MR) is 78.7 cm³/mol. The molecule has 2 N–H and O–H groups in total. The maximum absolute atomic E-state index is 13.7. The molecule has 2 unspecified atom stereocenters. The Labute approximate surface area is 118 Å². The number of benzene rings is 1. The summed E-state index contributed by atoms with van der Waals surface area (Å²) in [6.45, 7) is 4.82. The smallest absolute Gasteiger partial charge is 0.124 e. The van der Waals surface area contributed by atoms with Gasteiger partial charge >= 0.3 is 0 Å². The molecule has 4 heteroatoms.